The van der Waals surface area contributed by atoms with Gasteiger partial charge in [-0.2, -0.15) is 0 Å². The second-order valence-electron chi connectivity index (χ2n) is 5.33. The van der Waals surface area contributed by atoms with Gasteiger partial charge in [0, 0.05) is 0 Å². The van der Waals surface area contributed by atoms with E-state index in [-0.39, 0.29) is 0 Å². The highest BCUT2D eigenvalue weighted by molar-refractivity contribution is 6.83. The zero-order chi connectivity index (χ0) is 11.3. The molecule has 15 heavy (non-hydrogen) atoms. The van der Waals surface area contributed by atoms with Crippen LogP contribution in [0.15, 0.2) is 11.6 Å². The predicted molar refractivity (Wildman–Crippen MR) is 68.3 cm³/mol. The standard InChI is InChI=1S/C13H22OSi/c1-15(2,3)11-10-13(14)7-5-4-6-12-8-9-12/h6,13-14H,4-5,7-9H2,1-3H3. The van der Waals surface area contributed by atoms with E-state index in [0.29, 0.717) is 0 Å². The monoisotopic (exact) mass is 222 g/mol. The minimum atomic E-state index is -1.31. The average Bonchev–Trinajstić information content (AvgIpc) is 2.91. The summed E-state index contributed by atoms with van der Waals surface area (Å²) in [6.07, 6.45) is 7.51. The quantitative estimate of drug-likeness (QED) is 0.335. The van der Waals surface area contributed by atoms with E-state index < -0.39 is 14.2 Å². The van der Waals surface area contributed by atoms with Gasteiger partial charge in [0.05, 0.1) is 0 Å². The van der Waals surface area contributed by atoms with E-state index in [9.17, 15) is 5.11 Å². The maximum absolute atomic E-state index is 9.62. The molecular weight excluding hydrogens is 200 g/mol. The van der Waals surface area contributed by atoms with Crippen LogP contribution in [0, 0.1) is 11.5 Å². The van der Waals surface area contributed by atoms with Crippen LogP contribution in [0.2, 0.25) is 19.6 Å². The summed E-state index contributed by atoms with van der Waals surface area (Å²) < 4.78 is 0. The molecule has 1 unspecified atom stereocenters. The van der Waals surface area contributed by atoms with Crippen molar-refractivity contribution < 1.29 is 5.11 Å². The van der Waals surface area contributed by atoms with E-state index in [2.05, 4.69) is 37.2 Å². The molecule has 1 aliphatic rings. The van der Waals surface area contributed by atoms with Crippen molar-refractivity contribution in [3.63, 3.8) is 0 Å². The Morgan fingerprint density at radius 1 is 1.40 bits per heavy atom. The van der Waals surface area contributed by atoms with Crippen molar-refractivity contribution in [1.29, 1.82) is 0 Å². The Bertz CT molecular complexity index is 282. The molecule has 0 heterocycles. The van der Waals surface area contributed by atoms with Gasteiger partial charge in [0.2, 0.25) is 0 Å². The molecule has 1 atom stereocenters. The van der Waals surface area contributed by atoms with Crippen LogP contribution in [0.25, 0.3) is 0 Å². The summed E-state index contributed by atoms with van der Waals surface area (Å²) in [7, 11) is -1.31. The molecule has 0 bridgehead atoms. The second kappa shape index (κ2) is 5.53. The largest absolute Gasteiger partial charge is 0.380 e. The molecule has 0 aromatic carbocycles. The smallest absolute Gasteiger partial charge is 0.129 e. The second-order valence-corrected chi connectivity index (χ2v) is 10.1. The fraction of sp³-hybridized carbons (Fsp3) is 0.692. The first-order valence-electron chi connectivity index (χ1n) is 5.86. The third-order valence-corrected chi connectivity index (χ3v) is 3.16. The molecule has 0 spiro atoms. The molecule has 0 saturated heterocycles. The van der Waals surface area contributed by atoms with Gasteiger partial charge >= 0.3 is 0 Å². The molecule has 0 amide bonds. The van der Waals surface area contributed by atoms with Crippen LogP contribution in [0.3, 0.4) is 0 Å². The van der Waals surface area contributed by atoms with Crippen molar-refractivity contribution in [2.24, 2.45) is 0 Å². The van der Waals surface area contributed by atoms with Gasteiger partial charge in [0.15, 0.2) is 0 Å². The number of hydrogen-bond acceptors (Lipinski definition) is 1. The number of aliphatic hydroxyl groups excluding tert-OH is 1. The molecule has 0 aromatic heterocycles. The predicted octanol–water partition coefficient (Wildman–Crippen LogP) is 3.12. The highest BCUT2D eigenvalue weighted by Gasteiger charge is 2.10. The van der Waals surface area contributed by atoms with Gasteiger partial charge in [-0.1, -0.05) is 37.2 Å². The van der Waals surface area contributed by atoms with Crippen LogP contribution in [-0.2, 0) is 0 Å². The number of hydrogen-bond donors (Lipinski definition) is 1. The van der Waals surface area contributed by atoms with Crippen LogP contribution in [0.5, 0.6) is 0 Å². The number of allylic oxidation sites excluding steroid dienone is 2. The van der Waals surface area contributed by atoms with E-state index >= 15 is 0 Å². The van der Waals surface area contributed by atoms with Gasteiger partial charge in [-0.15, -0.1) is 5.54 Å². The van der Waals surface area contributed by atoms with Crippen molar-refractivity contribution >= 4 is 8.07 Å². The van der Waals surface area contributed by atoms with Crippen LogP contribution in [0.4, 0.5) is 0 Å². The summed E-state index contributed by atoms with van der Waals surface area (Å²) in [5, 5.41) is 9.62. The Hall–Kier alpha value is -0.523. The van der Waals surface area contributed by atoms with Gasteiger partial charge in [0.25, 0.3) is 0 Å². The zero-order valence-corrected chi connectivity index (χ0v) is 11.1. The molecule has 0 aliphatic heterocycles. The summed E-state index contributed by atoms with van der Waals surface area (Å²) in [6, 6.07) is 0. The lowest BCUT2D eigenvalue weighted by molar-refractivity contribution is 0.219. The van der Waals surface area contributed by atoms with Gasteiger partial charge in [-0.05, 0) is 32.1 Å². The molecule has 1 N–H and O–H groups in total. The summed E-state index contributed by atoms with van der Waals surface area (Å²) in [4.78, 5) is 0. The topological polar surface area (TPSA) is 20.2 Å². The molecular formula is C13H22OSi. The zero-order valence-electron chi connectivity index (χ0n) is 10.1. The fourth-order valence-electron chi connectivity index (χ4n) is 1.27. The van der Waals surface area contributed by atoms with Crippen molar-refractivity contribution in [1.82, 2.24) is 0 Å². The third-order valence-electron chi connectivity index (χ3n) is 2.27. The Balaban J connectivity index is 2.14. The van der Waals surface area contributed by atoms with Crippen LogP contribution in [-0.4, -0.2) is 19.3 Å². The minimum Gasteiger partial charge on any atom is -0.380 e. The van der Waals surface area contributed by atoms with Gasteiger partial charge in [0.1, 0.15) is 14.2 Å². The minimum absolute atomic E-state index is 0.408. The number of aliphatic hydroxyl groups is 1. The average molecular weight is 222 g/mol. The summed E-state index contributed by atoms with van der Waals surface area (Å²) in [5.74, 6) is 2.97. The van der Waals surface area contributed by atoms with Crippen LogP contribution in [0.1, 0.15) is 32.1 Å². The summed E-state index contributed by atoms with van der Waals surface area (Å²) in [5.41, 5.74) is 4.80. The first kappa shape index (κ1) is 12.5. The molecule has 1 fully saturated rings. The SMILES string of the molecule is C[Si](C)(C)C#CC(O)CCCC=C1CC1. The maximum Gasteiger partial charge on any atom is 0.129 e. The molecule has 84 valence electrons. The van der Waals surface area contributed by atoms with Gasteiger partial charge in [-0.25, -0.2) is 0 Å². The maximum atomic E-state index is 9.62. The van der Waals surface area contributed by atoms with E-state index in [1.165, 1.54) is 12.8 Å². The lowest BCUT2D eigenvalue weighted by Crippen LogP contribution is -2.17. The summed E-state index contributed by atoms with van der Waals surface area (Å²) >= 11 is 0. The molecule has 0 aromatic rings. The first-order chi connectivity index (χ1) is 6.97. The van der Waals surface area contributed by atoms with Crippen LogP contribution >= 0.6 is 0 Å². The van der Waals surface area contributed by atoms with E-state index in [1.54, 1.807) is 5.57 Å². The Morgan fingerprint density at radius 3 is 2.60 bits per heavy atom. The molecule has 1 aliphatic carbocycles. The Morgan fingerprint density at radius 2 is 2.07 bits per heavy atom. The fourth-order valence-corrected chi connectivity index (χ4v) is 1.87. The molecule has 2 heteroatoms. The van der Waals surface area contributed by atoms with Crippen LogP contribution < -0.4 is 0 Å². The van der Waals surface area contributed by atoms with Crippen molar-refractivity contribution in [3.05, 3.63) is 11.6 Å². The normalized spacial score (nSPS) is 16.7. The molecule has 1 nitrogen and oxygen atoms in total. The van der Waals surface area contributed by atoms with E-state index in [4.69, 9.17) is 0 Å². The highest BCUT2D eigenvalue weighted by atomic mass is 28.3. The molecule has 1 saturated carbocycles. The first-order valence-corrected chi connectivity index (χ1v) is 9.36. The van der Waals surface area contributed by atoms with E-state index in [1.807, 2.05) is 0 Å². The van der Waals surface area contributed by atoms with Crippen molar-refractivity contribution in [2.45, 2.75) is 57.8 Å². The van der Waals surface area contributed by atoms with Gasteiger partial charge < -0.3 is 5.11 Å². The summed E-state index contributed by atoms with van der Waals surface area (Å²) in [6.45, 7) is 6.60. The highest BCUT2D eigenvalue weighted by Crippen LogP contribution is 2.28. The lowest BCUT2D eigenvalue weighted by atomic mass is 10.1. The number of unbranched alkanes of at least 4 members (excludes halogenated alkanes) is 1. The Kier molecular flexibility index (Phi) is 4.63. The third kappa shape index (κ3) is 7.41. The number of rotatable bonds is 4. The van der Waals surface area contributed by atoms with Crippen molar-refractivity contribution in [2.75, 3.05) is 0 Å². The van der Waals surface area contributed by atoms with Crippen molar-refractivity contribution in [3.8, 4) is 11.5 Å². The molecule has 1 rings (SSSR count). The van der Waals surface area contributed by atoms with Gasteiger partial charge in [-0.3, -0.25) is 0 Å². The van der Waals surface area contributed by atoms with E-state index in [0.717, 1.165) is 19.3 Å². The lowest BCUT2D eigenvalue weighted by Gasteiger charge is -2.06. The Labute approximate surface area is 94.6 Å². The molecule has 0 radical (unpaired) electrons.